The molecule has 0 saturated heterocycles. The first-order valence-electron chi connectivity index (χ1n) is 5.59. The van der Waals surface area contributed by atoms with Crippen LogP contribution in [0, 0.1) is 6.92 Å². The van der Waals surface area contributed by atoms with Crippen LogP contribution in [-0.2, 0) is 23.6 Å². The van der Waals surface area contributed by atoms with Gasteiger partial charge in [-0.1, -0.05) is 6.07 Å². The molecule has 0 radical (unpaired) electrons. The highest BCUT2D eigenvalue weighted by Gasteiger charge is 2.22. The molecule has 3 N–H and O–H groups in total. The van der Waals surface area contributed by atoms with E-state index in [0.29, 0.717) is 5.69 Å². The quantitative estimate of drug-likeness (QED) is 0.832. The molecule has 19 heavy (non-hydrogen) atoms. The minimum absolute atomic E-state index is 0.0206. The van der Waals surface area contributed by atoms with Crippen LogP contribution in [-0.4, -0.2) is 23.0 Å². The molecule has 2 heterocycles. The lowest BCUT2D eigenvalue weighted by Crippen LogP contribution is -2.26. The highest BCUT2D eigenvalue weighted by molar-refractivity contribution is 7.89. The lowest BCUT2D eigenvalue weighted by Gasteiger charge is -2.08. The second kappa shape index (κ2) is 4.98. The molecule has 0 atom stereocenters. The molecule has 0 bridgehead atoms. The molecule has 0 saturated carbocycles. The Kier molecular flexibility index (Phi) is 3.54. The number of sulfonamides is 1. The number of aryl methyl sites for hydroxylation is 2. The zero-order valence-corrected chi connectivity index (χ0v) is 11.5. The van der Waals surface area contributed by atoms with Crippen LogP contribution in [0.2, 0.25) is 0 Å². The number of anilines is 1. The minimum Gasteiger partial charge on any atom is -0.381 e. The molecule has 0 aliphatic heterocycles. The maximum atomic E-state index is 12.1. The van der Waals surface area contributed by atoms with E-state index < -0.39 is 10.0 Å². The van der Waals surface area contributed by atoms with Crippen molar-refractivity contribution in [3.63, 3.8) is 0 Å². The smallest absolute Gasteiger partial charge is 0.260 e. The zero-order valence-electron chi connectivity index (χ0n) is 10.7. The summed E-state index contributed by atoms with van der Waals surface area (Å²) < 4.78 is 28.1. The van der Waals surface area contributed by atoms with Crippen LogP contribution < -0.4 is 10.5 Å². The fourth-order valence-corrected chi connectivity index (χ4v) is 2.92. The summed E-state index contributed by atoms with van der Waals surface area (Å²) in [6, 6.07) is 3.67. The van der Waals surface area contributed by atoms with Gasteiger partial charge in [0.1, 0.15) is 0 Å². The topological polar surface area (TPSA) is 103 Å². The van der Waals surface area contributed by atoms with Crippen LogP contribution in [0.15, 0.2) is 29.7 Å². The summed E-state index contributed by atoms with van der Waals surface area (Å²) >= 11 is 0. The maximum absolute atomic E-state index is 12.1. The molecule has 0 aliphatic carbocycles. The monoisotopic (exact) mass is 281 g/mol. The number of hydrogen-bond donors (Lipinski definition) is 2. The van der Waals surface area contributed by atoms with Gasteiger partial charge in [0.05, 0.1) is 18.6 Å². The molecule has 7 nitrogen and oxygen atoms in total. The fraction of sp³-hybridized carbons (Fsp3) is 0.273. The number of aromatic nitrogens is 3. The SMILES string of the molecule is Cc1cccnc1CNS(=O)(=O)c1c(N)ncn1C. The Hall–Kier alpha value is -1.93. The Morgan fingerprint density at radius 2 is 2.16 bits per heavy atom. The number of nitrogen functional groups attached to an aromatic ring is 1. The van der Waals surface area contributed by atoms with Gasteiger partial charge in [0.25, 0.3) is 10.0 Å². The second-order valence-corrected chi connectivity index (χ2v) is 5.82. The third-order valence-electron chi connectivity index (χ3n) is 2.71. The van der Waals surface area contributed by atoms with Crippen molar-refractivity contribution < 1.29 is 8.42 Å². The first kappa shape index (κ1) is 13.5. The first-order chi connectivity index (χ1) is 8.92. The lowest BCUT2D eigenvalue weighted by atomic mass is 10.2. The van der Waals surface area contributed by atoms with E-state index in [1.165, 1.54) is 10.9 Å². The number of hydrogen-bond acceptors (Lipinski definition) is 5. The van der Waals surface area contributed by atoms with Gasteiger partial charge in [-0.15, -0.1) is 0 Å². The van der Waals surface area contributed by atoms with Gasteiger partial charge in [0, 0.05) is 13.2 Å². The average molecular weight is 281 g/mol. The van der Waals surface area contributed by atoms with Gasteiger partial charge in [-0.2, -0.15) is 0 Å². The van der Waals surface area contributed by atoms with Crippen LogP contribution in [0.3, 0.4) is 0 Å². The molecule has 0 amide bonds. The maximum Gasteiger partial charge on any atom is 0.260 e. The third-order valence-corrected chi connectivity index (χ3v) is 4.24. The van der Waals surface area contributed by atoms with E-state index in [4.69, 9.17) is 5.73 Å². The van der Waals surface area contributed by atoms with Crippen molar-refractivity contribution >= 4 is 15.8 Å². The molecule has 0 aliphatic rings. The van der Waals surface area contributed by atoms with E-state index in [0.717, 1.165) is 5.56 Å². The molecule has 2 rings (SSSR count). The van der Waals surface area contributed by atoms with Gasteiger partial charge >= 0.3 is 0 Å². The normalized spacial score (nSPS) is 11.7. The molecule has 2 aromatic heterocycles. The van der Waals surface area contributed by atoms with Crippen molar-refractivity contribution in [1.29, 1.82) is 0 Å². The zero-order chi connectivity index (χ0) is 14.0. The van der Waals surface area contributed by atoms with Crippen LogP contribution >= 0.6 is 0 Å². The molecular formula is C11H15N5O2S. The van der Waals surface area contributed by atoms with Gasteiger partial charge < -0.3 is 10.3 Å². The highest BCUT2D eigenvalue weighted by atomic mass is 32.2. The molecule has 0 fully saturated rings. The Morgan fingerprint density at radius 1 is 1.42 bits per heavy atom. The Balaban J connectivity index is 2.22. The van der Waals surface area contributed by atoms with Gasteiger partial charge in [0.2, 0.25) is 0 Å². The summed E-state index contributed by atoms with van der Waals surface area (Å²) in [6.07, 6.45) is 2.98. The molecule has 0 unspecified atom stereocenters. The van der Waals surface area contributed by atoms with Crippen LogP contribution in [0.1, 0.15) is 11.3 Å². The van der Waals surface area contributed by atoms with Crippen molar-refractivity contribution in [3.8, 4) is 0 Å². The number of nitrogens with zero attached hydrogens (tertiary/aromatic N) is 3. The molecule has 8 heteroatoms. The Labute approximate surface area is 111 Å². The summed E-state index contributed by atoms with van der Waals surface area (Å²) in [5.74, 6) is -0.0206. The van der Waals surface area contributed by atoms with Gasteiger partial charge in [-0.3, -0.25) is 4.98 Å². The minimum atomic E-state index is -3.71. The predicted octanol–water partition coefficient (Wildman–Crippen LogP) is 0.184. The summed E-state index contributed by atoms with van der Waals surface area (Å²) in [4.78, 5) is 7.89. The molecular weight excluding hydrogens is 266 g/mol. The standard InChI is InChI=1S/C11H15N5O2S/c1-8-4-3-5-13-9(8)6-15-19(17,18)11-10(12)14-7-16(11)2/h3-5,7,15H,6,12H2,1-2H3. The number of nitrogens with two attached hydrogens (primary N) is 1. The van der Waals surface area contributed by atoms with Gasteiger partial charge in [-0.25, -0.2) is 18.1 Å². The first-order valence-corrected chi connectivity index (χ1v) is 7.07. The molecule has 0 aromatic carbocycles. The van der Waals surface area contributed by atoms with E-state index in [1.807, 2.05) is 13.0 Å². The van der Waals surface area contributed by atoms with Gasteiger partial charge in [0.15, 0.2) is 10.8 Å². The number of nitrogens with one attached hydrogen (secondary N) is 1. The van der Waals surface area contributed by atoms with Crippen LogP contribution in [0.25, 0.3) is 0 Å². The van der Waals surface area contributed by atoms with Crippen molar-refractivity contribution in [2.45, 2.75) is 18.5 Å². The lowest BCUT2D eigenvalue weighted by molar-refractivity contribution is 0.570. The van der Waals surface area contributed by atoms with E-state index in [2.05, 4.69) is 14.7 Å². The summed E-state index contributed by atoms with van der Waals surface area (Å²) in [7, 11) is -2.13. The Morgan fingerprint density at radius 3 is 2.74 bits per heavy atom. The fourth-order valence-electron chi connectivity index (χ4n) is 1.70. The molecule has 2 aromatic rings. The molecule has 102 valence electrons. The van der Waals surface area contributed by atoms with Crippen molar-refractivity contribution in [2.75, 3.05) is 5.73 Å². The van der Waals surface area contributed by atoms with E-state index in [9.17, 15) is 8.42 Å². The van der Waals surface area contributed by atoms with E-state index in [1.54, 1.807) is 19.3 Å². The van der Waals surface area contributed by atoms with Crippen LogP contribution in [0.4, 0.5) is 5.82 Å². The highest BCUT2D eigenvalue weighted by Crippen LogP contribution is 2.15. The summed E-state index contributed by atoms with van der Waals surface area (Å²) in [5, 5.41) is -0.0407. The van der Waals surface area contributed by atoms with E-state index >= 15 is 0 Å². The predicted molar refractivity (Wildman–Crippen MR) is 70.6 cm³/mol. The number of imidazole rings is 1. The van der Waals surface area contributed by atoms with Crippen molar-refractivity contribution in [3.05, 3.63) is 35.9 Å². The largest absolute Gasteiger partial charge is 0.381 e. The van der Waals surface area contributed by atoms with Crippen LogP contribution in [0.5, 0.6) is 0 Å². The average Bonchev–Trinajstić information content (AvgIpc) is 2.69. The summed E-state index contributed by atoms with van der Waals surface area (Å²) in [6.45, 7) is 1.98. The van der Waals surface area contributed by atoms with Crippen molar-refractivity contribution in [2.24, 2.45) is 7.05 Å². The van der Waals surface area contributed by atoms with E-state index in [-0.39, 0.29) is 17.4 Å². The Bertz CT molecular complexity index is 673. The number of pyridine rings is 1. The third kappa shape index (κ3) is 2.74. The number of rotatable bonds is 4. The van der Waals surface area contributed by atoms with Crippen molar-refractivity contribution in [1.82, 2.24) is 19.3 Å². The molecule has 0 spiro atoms. The van der Waals surface area contributed by atoms with Gasteiger partial charge in [-0.05, 0) is 18.6 Å². The second-order valence-electron chi connectivity index (χ2n) is 4.14. The summed E-state index contributed by atoms with van der Waals surface area (Å²) in [5.41, 5.74) is 7.15.